The summed E-state index contributed by atoms with van der Waals surface area (Å²) >= 11 is 0. The first-order valence-electron chi connectivity index (χ1n) is 4.32. The maximum absolute atomic E-state index is 11.0. The molecule has 80 valence electrons. The summed E-state index contributed by atoms with van der Waals surface area (Å²) in [4.78, 5) is 0. The molecule has 0 N–H and O–H groups in total. The van der Waals surface area contributed by atoms with Crippen LogP contribution < -0.4 is 0 Å². The van der Waals surface area contributed by atoms with Crippen molar-refractivity contribution in [3.8, 4) is 0 Å². The number of rotatable bonds is 5. The Labute approximate surface area is 81.2 Å². The minimum atomic E-state index is -3.30. The lowest BCUT2D eigenvalue weighted by Gasteiger charge is -2.33. The van der Waals surface area contributed by atoms with Crippen LogP contribution in [-0.2, 0) is 14.3 Å². The average Bonchev–Trinajstić information content (AvgIpc) is 2.01. The molecule has 0 saturated carbocycles. The highest BCUT2D eigenvalue weighted by atomic mass is 32.2. The summed E-state index contributed by atoms with van der Waals surface area (Å²) in [7, 11) is 1.92. The second-order valence-electron chi connectivity index (χ2n) is 4.02. The maximum Gasteiger partial charge on any atom is 0.272 e. The van der Waals surface area contributed by atoms with Crippen molar-refractivity contribution in [2.45, 2.75) is 19.9 Å². The summed E-state index contributed by atoms with van der Waals surface area (Å²) in [5.74, 6) is 0.0781. The van der Waals surface area contributed by atoms with Crippen LogP contribution in [0.5, 0.6) is 0 Å². The van der Waals surface area contributed by atoms with Crippen LogP contribution in [0.3, 0.4) is 0 Å². The van der Waals surface area contributed by atoms with Crippen LogP contribution in [0.25, 0.3) is 0 Å². The van der Waals surface area contributed by atoms with Gasteiger partial charge in [0.15, 0.2) is 0 Å². The zero-order valence-electron chi connectivity index (χ0n) is 9.07. The molecule has 0 aliphatic rings. The zero-order chi connectivity index (χ0) is 10.7. The van der Waals surface area contributed by atoms with Gasteiger partial charge in [0.25, 0.3) is 10.1 Å². The minimum absolute atomic E-state index is 0.0781. The Balaban J connectivity index is 4.18. The summed E-state index contributed by atoms with van der Waals surface area (Å²) in [6.45, 7) is 4.71. The molecule has 13 heavy (non-hydrogen) atoms. The molecule has 0 aliphatic heterocycles. The lowest BCUT2D eigenvalue weighted by Crippen LogP contribution is -2.48. The van der Waals surface area contributed by atoms with Gasteiger partial charge in [-0.15, -0.1) is 0 Å². The first-order valence-corrected chi connectivity index (χ1v) is 5.90. The SMILES string of the molecule is COS(=O)(=O)CC[N+](C)(C)C(C)C. The van der Waals surface area contributed by atoms with Crippen LogP contribution >= 0.6 is 0 Å². The molecule has 0 radical (unpaired) electrons. The predicted octanol–water partition coefficient (Wildman–Crippen LogP) is 0.447. The standard InChI is InChI=1S/C8H20NO3S/c1-8(2)9(3,4)6-7-13(10,11)12-5/h8H,6-7H2,1-5H3/q+1. The van der Waals surface area contributed by atoms with Crippen molar-refractivity contribution in [2.24, 2.45) is 0 Å². The molecule has 0 atom stereocenters. The van der Waals surface area contributed by atoms with E-state index in [0.717, 1.165) is 0 Å². The van der Waals surface area contributed by atoms with Crippen molar-refractivity contribution in [2.75, 3.05) is 33.5 Å². The van der Waals surface area contributed by atoms with Gasteiger partial charge in [0, 0.05) is 0 Å². The second-order valence-corrected chi connectivity index (χ2v) is 5.88. The fourth-order valence-electron chi connectivity index (χ4n) is 0.689. The van der Waals surface area contributed by atoms with Crippen molar-refractivity contribution in [3.63, 3.8) is 0 Å². The summed E-state index contributed by atoms with van der Waals surface area (Å²) in [5.41, 5.74) is 0. The van der Waals surface area contributed by atoms with Gasteiger partial charge >= 0.3 is 0 Å². The zero-order valence-corrected chi connectivity index (χ0v) is 9.89. The lowest BCUT2D eigenvalue weighted by molar-refractivity contribution is -0.908. The Bertz CT molecular complexity index is 244. The quantitative estimate of drug-likeness (QED) is 0.489. The molecule has 0 unspecified atom stereocenters. The number of quaternary nitrogens is 1. The molecular weight excluding hydrogens is 190 g/mol. The Hall–Kier alpha value is -0.130. The van der Waals surface area contributed by atoms with Crippen LogP contribution in [0, 0.1) is 0 Å². The summed E-state index contributed by atoms with van der Waals surface area (Å²) < 4.78 is 27.1. The van der Waals surface area contributed by atoms with E-state index in [-0.39, 0.29) is 5.75 Å². The lowest BCUT2D eigenvalue weighted by atomic mass is 10.3. The molecule has 0 aromatic carbocycles. The molecule has 0 aromatic heterocycles. The fourth-order valence-corrected chi connectivity index (χ4v) is 1.55. The normalized spacial score (nSPS) is 13.7. The third-order valence-electron chi connectivity index (χ3n) is 2.57. The van der Waals surface area contributed by atoms with Crippen LogP contribution in [-0.4, -0.2) is 52.4 Å². The molecule has 0 heterocycles. The molecule has 0 aromatic rings. The molecule has 0 rings (SSSR count). The molecule has 5 heteroatoms. The smallest absolute Gasteiger partial charge is 0.272 e. The van der Waals surface area contributed by atoms with Gasteiger partial charge in [-0.2, -0.15) is 8.42 Å². The van der Waals surface area contributed by atoms with Crippen molar-refractivity contribution in [3.05, 3.63) is 0 Å². The fraction of sp³-hybridized carbons (Fsp3) is 1.00. The monoisotopic (exact) mass is 210 g/mol. The average molecular weight is 210 g/mol. The van der Waals surface area contributed by atoms with Gasteiger partial charge in [-0.3, -0.25) is 4.18 Å². The van der Waals surface area contributed by atoms with E-state index in [2.05, 4.69) is 18.0 Å². The summed E-state index contributed by atoms with van der Waals surface area (Å²) in [6.07, 6.45) is 0. The van der Waals surface area contributed by atoms with Gasteiger partial charge in [0.05, 0.1) is 33.8 Å². The van der Waals surface area contributed by atoms with E-state index in [1.54, 1.807) is 0 Å². The maximum atomic E-state index is 11.0. The number of nitrogens with zero attached hydrogens (tertiary/aromatic N) is 1. The molecule has 0 spiro atoms. The van der Waals surface area contributed by atoms with Gasteiger partial charge < -0.3 is 4.48 Å². The minimum Gasteiger partial charge on any atom is -0.326 e. The first-order chi connectivity index (χ1) is 5.71. The largest absolute Gasteiger partial charge is 0.326 e. The third kappa shape index (κ3) is 4.59. The Kier molecular flexibility index (Phi) is 4.35. The highest BCUT2D eigenvalue weighted by Gasteiger charge is 2.23. The topological polar surface area (TPSA) is 43.4 Å². The van der Waals surface area contributed by atoms with Gasteiger partial charge in [-0.05, 0) is 13.8 Å². The highest BCUT2D eigenvalue weighted by Crippen LogP contribution is 2.06. The van der Waals surface area contributed by atoms with Crippen molar-refractivity contribution in [1.82, 2.24) is 0 Å². The van der Waals surface area contributed by atoms with Crippen molar-refractivity contribution < 1.29 is 17.1 Å². The number of hydrogen-bond donors (Lipinski definition) is 0. The van der Waals surface area contributed by atoms with Crippen LogP contribution in [0.2, 0.25) is 0 Å². The van der Waals surface area contributed by atoms with Gasteiger partial charge in [0.2, 0.25) is 0 Å². The van der Waals surface area contributed by atoms with Gasteiger partial charge in [0.1, 0.15) is 5.75 Å². The first kappa shape index (κ1) is 12.9. The van der Waals surface area contributed by atoms with Crippen LogP contribution in [0.1, 0.15) is 13.8 Å². The van der Waals surface area contributed by atoms with Crippen LogP contribution in [0.15, 0.2) is 0 Å². The molecule has 4 nitrogen and oxygen atoms in total. The van der Waals surface area contributed by atoms with Gasteiger partial charge in [-0.1, -0.05) is 0 Å². The van der Waals surface area contributed by atoms with Crippen molar-refractivity contribution in [1.29, 1.82) is 0 Å². The Morgan fingerprint density at radius 3 is 2.08 bits per heavy atom. The van der Waals surface area contributed by atoms with Crippen LogP contribution in [0.4, 0.5) is 0 Å². The van der Waals surface area contributed by atoms with E-state index in [9.17, 15) is 8.42 Å². The van der Waals surface area contributed by atoms with E-state index in [1.165, 1.54) is 7.11 Å². The molecular formula is C8H20NO3S+. The third-order valence-corrected chi connectivity index (χ3v) is 3.76. The molecule has 0 fully saturated rings. The van der Waals surface area contributed by atoms with Gasteiger partial charge in [-0.25, -0.2) is 0 Å². The van der Waals surface area contributed by atoms with E-state index in [0.29, 0.717) is 17.1 Å². The number of hydrogen-bond acceptors (Lipinski definition) is 3. The summed E-state index contributed by atoms with van der Waals surface area (Å²) in [5, 5.41) is 0. The Morgan fingerprint density at radius 1 is 1.31 bits per heavy atom. The van der Waals surface area contributed by atoms with Crippen molar-refractivity contribution >= 4 is 10.1 Å². The predicted molar refractivity (Wildman–Crippen MR) is 52.9 cm³/mol. The molecule has 0 saturated heterocycles. The molecule has 0 amide bonds. The highest BCUT2D eigenvalue weighted by molar-refractivity contribution is 7.86. The molecule has 0 aliphatic carbocycles. The van der Waals surface area contributed by atoms with E-state index >= 15 is 0 Å². The molecule has 0 bridgehead atoms. The van der Waals surface area contributed by atoms with E-state index in [4.69, 9.17) is 0 Å². The van der Waals surface area contributed by atoms with E-state index < -0.39 is 10.1 Å². The van der Waals surface area contributed by atoms with E-state index in [1.807, 2.05) is 14.1 Å². The Morgan fingerprint density at radius 2 is 1.77 bits per heavy atom. The summed E-state index contributed by atoms with van der Waals surface area (Å²) in [6, 6.07) is 0.409. The second kappa shape index (κ2) is 4.39.